The summed E-state index contributed by atoms with van der Waals surface area (Å²) in [6.07, 6.45) is 0.849. The Bertz CT molecular complexity index is 430. The molecule has 2 N–H and O–H groups in total. The van der Waals surface area contributed by atoms with Crippen molar-refractivity contribution in [2.75, 3.05) is 40.3 Å². The molecule has 0 spiro atoms. The highest BCUT2D eigenvalue weighted by molar-refractivity contribution is 7.86. The van der Waals surface area contributed by atoms with Gasteiger partial charge in [0.2, 0.25) is 5.91 Å². The molecule has 20 heavy (non-hydrogen) atoms. The molecule has 7 nitrogen and oxygen atoms in total. The summed E-state index contributed by atoms with van der Waals surface area (Å²) in [5, 5.41) is 0. The van der Waals surface area contributed by atoms with Crippen LogP contribution in [0.5, 0.6) is 0 Å². The molecule has 1 fully saturated rings. The van der Waals surface area contributed by atoms with Crippen molar-refractivity contribution in [3.05, 3.63) is 0 Å². The van der Waals surface area contributed by atoms with Crippen molar-refractivity contribution in [1.29, 1.82) is 0 Å². The van der Waals surface area contributed by atoms with Gasteiger partial charge in [0.25, 0.3) is 10.2 Å². The largest absolute Gasteiger partial charge is 0.339 e. The van der Waals surface area contributed by atoms with Crippen LogP contribution in [0.1, 0.15) is 20.3 Å². The van der Waals surface area contributed by atoms with Gasteiger partial charge < -0.3 is 10.6 Å². The van der Waals surface area contributed by atoms with Crippen LogP contribution in [0.4, 0.5) is 0 Å². The topological polar surface area (TPSA) is 87.0 Å². The summed E-state index contributed by atoms with van der Waals surface area (Å²) in [6.45, 7) is 5.39. The summed E-state index contributed by atoms with van der Waals surface area (Å²) in [5.74, 6) is 0.0484. The Morgan fingerprint density at radius 1 is 1.25 bits per heavy atom. The molecule has 8 heteroatoms. The van der Waals surface area contributed by atoms with Crippen molar-refractivity contribution in [3.63, 3.8) is 0 Å². The van der Waals surface area contributed by atoms with Gasteiger partial charge in [-0.15, -0.1) is 0 Å². The zero-order valence-electron chi connectivity index (χ0n) is 12.7. The first kappa shape index (κ1) is 17.4. The quantitative estimate of drug-likeness (QED) is 0.728. The predicted molar refractivity (Wildman–Crippen MR) is 78.2 cm³/mol. The lowest BCUT2D eigenvalue weighted by Crippen LogP contribution is -2.56. The number of rotatable bonds is 5. The third-order valence-electron chi connectivity index (χ3n) is 3.88. The van der Waals surface area contributed by atoms with Crippen LogP contribution >= 0.6 is 0 Å². The summed E-state index contributed by atoms with van der Waals surface area (Å²) < 4.78 is 26.5. The molecule has 2 unspecified atom stereocenters. The summed E-state index contributed by atoms with van der Waals surface area (Å²) in [6, 6.07) is -0.503. The van der Waals surface area contributed by atoms with Gasteiger partial charge in [0.1, 0.15) is 0 Å². The van der Waals surface area contributed by atoms with Gasteiger partial charge in [0, 0.05) is 40.3 Å². The maximum atomic E-state index is 12.2. The second-order valence-electron chi connectivity index (χ2n) is 5.43. The lowest BCUT2D eigenvalue weighted by atomic mass is 9.99. The van der Waals surface area contributed by atoms with Gasteiger partial charge in [0.05, 0.1) is 6.04 Å². The first-order valence-electron chi connectivity index (χ1n) is 6.93. The highest BCUT2D eigenvalue weighted by Crippen LogP contribution is 2.13. The third-order valence-corrected chi connectivity index (χ3v) is 5.82. The Morgan fingerprint density at radius 2 is 1.75 bits per heavy atom. The van der Waals surface area contributed by atoms with Gasteiger partial charge in [-0.3, -0.25) is 4.79 Å². The summed E-state index contributed by atoms with van der Waals surface area (Å²) >= 11 is 0. The number of amides is 1. The highest BCUT2D eigenvalue weighted by atomic mass is 32.2. The molecule has 1 aliphatic heterocycles. The van der Waals surface area contributed by atoms with E-state index in [2.05, 4.69) is 0 Å². The number of hydrogen-bond donors (Lipinski definition) is 1. The van der Waals surface area contributed by atoms with Crippen molar-refractivity contribution >= 4 is 16.1 Å². The van der Waals surface area contributed by atoms with Gasteiger partial charge in [-0.2, -0.15) is 17.0 Å². The van der Waals surface area contributed by atoms with Gasteiger partial charge >= 0.3 is 0 Å². The Morgan fingerprint density at radius 3 is 2.15 bits per heavy atom. The van der Waals surface area contributed by atoms with Crippen LogP contribution in [0.15, 0.2) is 0 Å². The molecule has 2 atom stereocenters. The van der Waals surface area contributed by atoms with Crippen molar-refractivity contribution in [3.8, 4) is 0 Å². The average Bonchev–Trinajstić information content (AvgIpc) is 2.44. The molecule has 0 radical (unpaired) electrons. The maximum Gasteiger partial charge on any atom is 0.281 e. The second-order valence-corrected chi connectivity index (χ2v) is 7.57. The van der Waals surface area contributed by atoms with E-state index in [1.807, 2.05) is 13.8 Å². The van der Waals surface area contributed by atoms with Crippen LogP contribution in [0.3, 0.4) is 0 Å². The fraction of sp³-hybridized carbons (Fsp3) is 0.917. The lowest BCUT2D eigenvalue weighted by Gasteiger charge is -2.36. The normalized spacial score (nSPS) is 21.0. The first-order valence-corrected chi connectivity index (χ1v) is 8.33. The first-order chi connectivity index (χ1) is 9.21. The van der Waals surface area contributed by atoms with Gasteiger partial charge in [-0.25, -0.2) is 0 Å². The van der Waals surface area contributed by atoms with Crippen molar-refractivity contribution in [2.45, 2.75) is 26.3 Å². The highest BCUT2D eigenvalue weighted by Gasteiger charge is 2.32. The SMILES string of the molecule is CCC(C)C(N)C(=O)N1CCN(S(=O)(=O)N(C)C)CC1. The molecule has 0 saturated carbocycles. The number of hydrogen-bond acceptors (Lipinski definition) is 4. The van der Waals surface area contributed by atoms with Crippen LogP contribution in [-0.4, -0.2) is 74.2 Å². The van der Waals surface area contributed by atoms with Gasteiger partial charge in [-0.1, -0.05) is 20.3 Å². The van der Waals surface area contributed by atoms with E-state index in [4.69, 9.17) is 5.73 Å². The minimum atomic E-state index is -3.39. The molecular formula is C12H26N4O3S. The lowest BCUT2D eigenvalue weighted by molar-refractivity contribution is -0.134. The minimum absolute atomic E-state index is 0.0822. The Balaban J connectivity index is 2.61. The van der Waals surface area contributed by atoms with E-state index in [1.165, 1.54) is 22.7 Å². The molecule has 0 aromatic rings. The van der Waals surface area contributed by atoms with E-state index in [1.54, 1.807) is 4.90 Å². The molecule has 0 aromatic carbocycles. The standard InChI is InChI=1S/C12H26N4O3S/c1-5-10(2)11(13)12(17)15-6-8-16(9-7-15)20(18,19)14(3)4/h10-11H,5-9,13H2,1-4H3. The Hall–Kier alpha value is -0.700. The zero-order chi connectivity index (χ0) is 15.5. The number of carbonyl (C=O) groups excluding carboxylic acids is 1. The third kappa shape index (κ3) is 3.69. The van der Waals surface area contributed by atoms with Gasteiger partial charge in [-0.05, 0) is 5.92 Å². The van der Waals surface area contributed by atoms with Crippen LogP contribution in [0.2, 0.25) is 0 Å². The van der Waals surface area contributed by atoms with Gasteiger partial charge in [0.15, 0.2) is 0 Å². The number of nitrogens with zero attached hydrogens (tertiary/aromatic N) is 3. The van der Waals surface area contributed by atoms with Crippen LogP contribution in [0.25, 0.3) is 0 Å². The molecule has 0 aliphatic carbocycles. The number of carbonyl (C=O) groups is 1. The monoisotopic (exact) mass is 306 g/mol. The average molecular weight is 306 g/mol. The smallest absolute Gasteiger partial charge is 0.281 e. The van der Waals surface area contributed by atoms with E-state index >= 15 is 0 Å². The predicted octanol–water partition coefficient (Wildman–Crippen LogP) is -0.690. The van der Waals surface area contributed by atoms with E-state index < -0.39 is 16.3 Å². The molecule has 1 heterocycles. The number of nitrogens with two attached hydrogens (primary N) is 1. The fourth-order valence-electron chi connectivity index (χ4n) is 2.08. The Kier molecular flexibility index (Phi) is 5.93. The second kappa shape index (κ2) is 6.84. The zero-order valence-corrected chi connectivity index (χ0v) is 13.6. The fourth-order valence-corrected chi connectivity index (χ4v) is 3.16. The molecule has 1 rings (SSSR count). The molecular weight excluding hydrogens is 280 g/mol. The Labute approximate surface area is 121 Å². The van der Waals surface area contributed by atoms with Crippen LogP contribution in [-0.2, 0) is 15.0 Å². The van der Waals surface area contributed by atoms with Crippen molar-refractivity contribution in [2.24, 2.45) is 11.7 Å². The number of piperazine rings is 1. The molecule has 118 valence electrons. The summed E-state index contributed by atoms with van der Waals surface area (Å²) in [4.78, 5) is 13.9. The van der Waals surface area contributed by atoms with Crippen molar-refractivity contribution in [1.82, 2.24) is 13.5 Å². The van der Waals surface area contributed by atoms with E-state index in [-0.39, 0.29) is 11.8 Å². The maximum absolute atomic E-state index is 12.2. The van der Waals surface area contributed by atoms with E-state index in [0.717, 1.165) is 6.42 Å². The molecule has 0 aromatic heterocycles. The van der Waals surface area contributed by atoms with Crippen LogP contribution in [0, 0.1) is 5.92 Å². The minimum Gasteiger partial charge on any atom is -0.339 e. The van der Waals surface area contributed by atoms with Crippen molar-refractivity contribution < 1.29 is 13.2 Å². The summed E-state index contributed by atoms with van der Waals surface area (Å²) in [5.41, 5.74) is 5.94. The van der Waals surface area contributed by atoms with E-state index in [0.29, 0.717) is 26.2 Å². The summed E-state index contributed by atoms with van der Waals surface area (Å²) in [7, 11) is -0.382. The molecule has 1 saturated heterocycles. The molecule has 1 amide bonds. The van der Waals surface area contributed by atoms with Crippen LogP contribution < -0.4 is 5.73 Å². The molecule has 1 aliphatic rings. The molecule has 0 bridgehead atoms. The van der Waals surface area contributed by atoms with E-state index in [9.17, 15) is 13.2 Å².